The Balaban J connectivity index is 1.55. The molecule has 5 nitrogen and oxygen atoms in total. The maximum Gasteiger partial charge on any atom is 0.193 e. The van der Waals surface area contributed by atoms with E-state index in [4.69, 9.17) is 15.2 Å². The molecule has 3 unspecified atom stereocenters. The van der Waals surface area contributed by atoms with E-state index >= 15 is 0 Å². The van der Waals surface area contributed by atoms with Gasteiger partial charge in [-0.05, 0) is 57.4 Å². The molecule has 1 saturated carbocycles. The summed E-state index contributed by atoms with van der Waals surface area (Å²) in [4.78, 5) is 4.60. The number of nitrogens with one attached hydrogen (secondary N) is 1. The first-order chi connectivity index (χ1) is 10.6. The fourth-order valence-electron chi connectivity index (χ4n) is 3.16. The molecule has 1 heterocycles. The average Bonchev–Trinajstić information content (AvgIpc) is 2.46. The van der Waals surface area contributed by atoms with E-state index in [0.29, 0.717) is 24.0 Å². The van der Waals surface area contributed by atoms with Gasteiger partial charge >= 0.3 is 0 Å². The molecule has 5 heteroatoms. The van der Waals surface area contributed by atoms with Gasteiger partial charge < -0.3 is 20.5 Å². The molecule has 0 spiro atoms. The summed E-state index contributed by atoms with van der Waals surface area (Å²) in [5, 5.41) is 3.15. The molecule has 2 fully saturated rings. The van der Waals surface area contributed by atoms with Crippen molar-refractivity contribution in [3.63, 3.8) is 0 Å². The van der Waals surface area contributed by atoms with Crippen LogP contribution < -0.4 is 15.8 Å². The van der Waals surface area contributed by atoms with Gasteiger partial charge in [0.15, 0.2) is 5.96 Å². The summed E-state index contributed by atoms with van der Waals surface area (Å²) in [6.07, 6.45) is 3.91. The van der Waals surface area contributed by atoms with Crippen LogP contribution >= 0.6 is 0 Å². The van der Waals surface area contributed by atoms with E-state index in [9.17, 15) is 0 Å². The van der Waals surface area contributed by atoms with Crippen LogP contribution in [0.15, 0.2) is 29.3 Å². The number of fused-ring (bicyclic) bond motifs is 1. The lowest BCUT2D eigenvalue weighted by atomic mass is 9.73. The molecular formula is C17H25N3O2. The van der Waals surface area contributed by atoms with E-state index in [-0.39, 0.29) is 6.10 Å². The second kappa shape index (κ2) is 6.57. The van der Waals surface area contributed by atoms with Gasteiger partial charge in [0.2, 0.25) is 0 Å². The SMILES string of the molecule is CC(C)Oc1ccc(NC(N)=NC2CC3OCCCC23)cc1. The Morgan fingerprint density at radius 1 is 1.36 bits per heavy atom. The smallest absolute Gasteiger partial charge is 0.193 e. The van der Waals surface area contributed by atoms with Crippen LogP contribution in [0.3, 0.4) is 0 Å². The molecule has 120 valence electrons. The van der Waals surface area contributed by atoms with Crippen molar-refractivity contribution in [2.75, 3.05) is 11.9 Å². The molecule has 2 aliphatic rings. The van der Waals surface area contributed by atoms with Crippen molar-refractivity contribution in [3.8, 4) is 5.75 Å². The van der Waals surface area contributed by atoms with E-state index in [1.165, 1.54) is 6.42 Å². The maximum absolute atomic E-state index is 6.02. The Kier molecular flexibility index (Phi) is 4.52. The number of benzene rings is 1. The average molecular weight is 303 g/mol. The number of anilines is 1. The first kappa shape index (κ1) is 15.2. The quantitative estimate of drug-likeness (QED) is 0.663. The fraction of sp³-hybridized carbons (Fsp3) is 0.588. The second-order valence-corrected chi connectivity index (χ2v) is 6.35. The monoisotopic (exact) mass is 303 g/mol. The molecule has 3 rings (SSSR count). The predicted molar refractivity (Wildman–Crippen MR) is 88.3 cm³/mol. The number of rotatable bonds is 4. The van der Waals surface area contributed by atoms with Crippen molar-refractivity contribution < 1.29 is 9.47 Å². The van der Waals surface area contributed by atoms with Gasteiger partial charge in [-0.25, -0.2) is 4.99 Å². The summed E-state index contributed by atoms with van der Waals surface area (Å²) in [7, 11) is 0. The molecule has 3 atom stereocenters. The fourth-order valence-corrected chi connectivity index (χ4v) is 3.16. The van der Waals surface area contributed by atoms with E-state index in [1.54, 1.807) is 0 Å². The molecule has 1 saturated heterocycles. The highest BCUT2D eigenvalue weighted by atomic mass is 16.5. The minimum atomic E-state index is 0.176. The third-order valence-corrected chi connectivity index (χ3v) is 4.26. The lowest BCUT2D eigenvalue weighted by molar-refractivity contribution is -0.0937. The first-order valence-corrected chi connectivity index (χ1v) is 8.10. The molecule has 0 amide bonds. The van der Waals surface area contributed by atoms with E-state index < -0.39 is 0 Å². The number of guanidine groups is 1. The van der Waals surface area contributed by atoms with Gasteiger partial charge in [0.1, 0.15) is 5.75 Å². The molecule has 3 N–H and O–H groups in total. The Morgan fingerprint density at radius 3 is 2.82 bits per heavy atom. The molecule has 1 aliphatic carbocycles. The lowest BCUT2D eigenvalue weighted by Gasteiger charge is -2.45. The summed E-state index contributed by atoms with van der Waals surface area (Å²) in [5.74, 6) is 1.89. The van der Waals surface area contributed by atoms with Crippen molar-refractivity contribution in [3.05, 3.63) is 24.3 Å². The standard InChI is InChI=1S/C17H25N3O2/c1-11(2)22-13-7-5-12(6-8-13)19-17(18)20-15-10-16-14(15)4-3-9-21-16/h5-8,11,14-16H,3-4,9-10H2,1-2H3,(H3,18,19,20). The molecular weight excluding hydrogens is 278 g/mol. The molecule has 0 aromatic heterocycles. The van der Waals surface area contributed by atoms with Gasteiger partial charge in [0.05, 0.1) is 18.2 Å². The highest BCUT2D eigenvalue weighted by Crippen LogP contribution is 2.39. The number of hydrogen-bond donors (Lipinski definition) is 2. The van der Waals surface area contributed by atoms with Crippen molar-refractivity contribution in [2.45, 2.75) is 51.4 Å². The zero-order valence-electron chi connectivity index (χ0n) is 13.3. The van der Waals surface area contributed by atoms with Crippen molar-refractivity contribution >= 4 is 11.6 Å². The van der Waals surface area contributed by atoms with Gasteiger partial charge in [-0.1, -0.05) is 0 Å². The van der Waals surface area contributed by atoms with Crippen LogP contribution in [0.5, 0.6) is 5.75 Å². The van der Waals surface area contributed by atoms with Crippen molar-refractivity contribution in [1.82, 2.24) is 0 Å². The maximum atomic E-state index is 6.02. The Morgan fingerprint density at radius 2 is 2.14 bits per heavy atom. The second-order valence-electron chi connectivity index (χ2n) is 6.35. The summed E-state index contributed by atoms with van der Waals surface area (Å²) in [6, 6.07) is 8.08. The Bertz CT molecular complexity index is 527. The third-order valence-electron chi connectivity index (χ3n) is 4.26. The minimum absolute atomic E-state index is 0.176. The molecule has 0 bridgehead atoms. The zero-order chi connectivity index (χ0) is 15.5. The number of nitrogens with zero attached hydrogens (tertiary/aromatic N) is 1. The van der Waals surface area contributed by atoms with Crippen molar-refractivity contribution in [2.24, 2.45) is 16.6 Å². The number of hydrogen-bond acceptors (Lipinski definition) is 3. The summed E-state index contributed by atoms with van der Waals surface area (Å²) in [6.45, 7) is 4.92. The predicted octanol–water partition coefficient (Wildman–Crippen LogP) is 2.77. The number of nitrogens with two attached hydrogens (primary N) is 1. The van der Waals surface area contributed by atoms with Gasteiger partial charge in [0, 0.05) is 18.2 Å². The van der Waals surface area contributed by atoms with Gasteiger partial charge in [-0.2, -0.15) is 0 Å². The van der Waals surface area contributed by atoms with Crippen LogP contribution in [0.2, 0.25) is 0 Å². The zero-order valence-corrected chi connectivity index (χ0v) is 13.3. The van der Waals surface area contributed by atoms with Crippen LogP contribution in [0.1, 0.15) is 33.1 Å². The largest absolute Gasteiger partial charge is 0.491 e. The van der Waals surface area contributed by atoms with E-state index in [2.05, 4.69) is 10.3 Å². The Labute approximate surface area is 131 Å². The third kappa shape index (κ3) is 3.53. The molecule has 1 aromatic carbocycles. The molecule has 1 aromatic rings. The van der Waals surface area contributed by atoms with Gasteiger partial charge in [-0.15, -0.1) is 0 Å². The molecule has 0 radical (unpaired) electrons. The van der Waals surface area contributed by atoms with Gasteiger partial charge in [0.25, 0.3) is 0 Å². The van der Waals surface area contributed by atoms with Crippen LogP contribution in [0.25, 0.3) is 0 Å². The first-order valence-electron chi connectivity index (χ1n) is 8.10. The minimum Gasteiger partial charge on any atom is -0.491 e. The summed E-state index contributed by atoms with van der Waals surface area (Å²) >= 11 is 0. The van der Waals surface area contributed by atoms with Crippen LogP contribution in [0.4, 0.5) is 5.69 Å². The van der Waals surface area contributed by atoms with Crippen LogP contribution in [-0.2, 0) is 4.74 Å². The van der Waals surface area contributed by atoms with Gasteiger partial charge in [-0.3, -0.25) is 0 Å². The van der Waals surface area contributed by atoms with Crippen LogP contribution in [0, 0.1) is 5.92 Å². The van der Waals surface area contributed by atoms with Crippen LogP contribution in [-0.4, -0.2) is 30.8 Å². The van der Waals surface area contributed by atoms with E-state index in [0.717, 1.165) is 30.9 Å². The number of aliphatic imine (C=N–C) groups is 1. The molecule has 1 aliphatic heterocycles. The topological polar surface area (TPSA) is 68.9 Å². The Hall–Kier alpha value is -1.75. The highest BCUT2D eigenvalue weighted by molar-refractivity contribution is 5.92. The van der Waals surface area contributed by atoms with Crippen molar-refractivity contribution in [1.29, 1.82) is 0 Å². The summed E-state index contributed by atoms with van der Waals surface area (Å²) in [5.41, 5.74) is 6.95. The summed E-state index contributed by atoms with van der Waals surface area (Å²) < 4.78 is 11.3. The lowest BCUT2D eigenvalue weighted by Crippen LogP contribution is -2.49. The normalized spacial score (nSPS) is 28.0. The highest BCUT2D eigenvalue weighted by Gasteiger charge is 2.43. The number of ether oxygens (including phenoxy) is 2. The van der Waals surface area contributed by atoms with E-state index in [1.807, 2.05) is 38.1 Å². The molecule has 22 heavy (non-hydrogen) atoms.